The van der Waals surface area contributed by atoms with Gasteiger partial charge in [0.15, 0.2) is 0 Å². The first-order valence-corrected chi connectivity index (χ1v) is 12.0. The molecule has 3 aliphatic rings. The molecule has 2 bridgehead atoms. The fourth-order valence-electron chi connectivity index (χ4n) is 4.89. The maximum absolute atomic E-state index is 13.1. The maximum Gasteiger partial charge on any atom is 0.290 e. The van der Waals surface area contributed by atoms with Gasteiger partial charge >= 0.3 is 0 Å². The summed E-state index contributed by atoms with van der Waals surface area (Å²) in [5.41, 5.74) is 7.38. The Morgan fingerprint density at radius 3 is 2.70 bits per heavy atom. The molecule has 3 aromatic rings. The second-order valence-electron chi connectivity index (χ2n) is 8.68. The summed E-state index contributed by atoms with van der Waals surface area (Å²) in [6, 6.07) is 11.0. The number of piperidine rings is 1. The van der Waals surface area contributed by atoms with Crippen LogP contribution in [0.3, 0.4) is 0 Å². The first-order chi connectivity index (χ1) is 16.0. The predicted octanol–water partition coefficient (Wildman–Crippen LogP) is 3.27. The van der Waals surface area contributed by atoms with Gasteiger partial charge in [-0.3, -0.25) is 14.5 Å². The van der Waals surface area contributed by atoms with Gasteiger partial charge in [0.25, 0.3) is 6.47 Å². The third kappa shape index (κ3) is 5.31. The van der Waals surface area contributed by atoms with E-state index in [1.165, 1.54) is 5.56 Å². The van der Waals surface area contributed by atoms with Crippen LogP contribution in [0.4, 0.5) is 0 Å². The number of aromatic nitrogens is 3. The summed E-state index contributed by atoms with van der Waals surface area (Å²) < 4.78 is 2.00. The molecule has 1 N–H and O–H groups in total. The van der Waals surface area contributed by atoms with Crippen molar-refractivity contribution < 1.29 is 14.7 Å². The van der Waals surface area contributed by atoms with E-state index in [4.69, 9.17) is 9.90 Å². The van der Waals surface area contributed by atoms with Crippen molar-refractivity contribution in [3.05, 3.63) is 63.9 Å². The van der Waals surface area contributed by atoms with Gasteiger partial charge in [-0.25, -0.2) is 9.67 Å². The topological polar surface area (TPSA) is 91.6 Å². The minimum atomic E-state index is -0.250. The van der Waals surface area contributed by atoms with E-state index in [9.17, 15) is 4.79 Å². The zero-order valence-corrected chi connectivity index (χ0v) is 19.7. The normalized spacial score (nSPS) is 20.3. The lowest BCUT2D eigenvalue weighted by Crippen LogP contribution is -2.47. The summed E-state index contributed by atoms with van der Waals surface area (Å²) in [6.45, 7) is 7.13. The molecule has 0 aliphatic carbocycles. The highest BCUT2D eigenvalue weighted by atomic mass is 32.1. The van der Waals surface area contributed by atoms with Crippen LogP contribution in [0.25, 0.3) is 5.69 Å². The van der Waals surface area contributed by atoms with Gasteiger partial charge in [-0.2, -0.15) is 5.10 Å². The first-order valence-electron chi connectivity index (χ1n) is 11.1. The largest absolute Gasteiger partial charge is 0.483 e. The van der Waals surface area contributed by atoms with Crippen molar-refractivity contribution in [1.82, 2.24) is 24.6 Å². The van der Waals surface area contributed by atoms with Crippen LogP contribution in [-0.4, -0.2) is 61.2 Å². The van der Waals surface area contributed by atoms with E-state index in [1.54, 1.807) is 11.3 Å². The molecule has 8 nitrogen and oxygen atoms in total. The number of nitrogens with zero attached hydrogens (tertiary/aromatic N) is 5. The summed E-state index contributed by atoms with van der Waals surface area (Å²) >= 11 is 1.59. The number of thiazole rings is 1. The van der Waals surface area contributed by atoms with Crippen LogP contribution in [0.15, 0.2) is 41.2 Å². The Bertz CT molecular complexity index is 1100. The number of aryl methyl sites for hydroxylation is 2. The SMILES string of the molecule is Cc1cc(C)n(-c2cccc(CN3C[C@@H]4CC[C@H](C3)N(Cc3cscn3)C4=O)c2)n1.O=CO. The molecule has 6 rings (SSSR count). The standard InChI is InChI=1S/C23H27N5OS.CH2O2/c1-16-8-17(2)28(25-16)21-5-3-4-18(9-21)10-26-11-19-6-7-22(13-26)27(23(19)29)12-20-14-30-15-24-20;2-1-3/h3-5,8-9,14-15,19,22H,6-7,10-13H2,1-2H3;1H,(H,2,3)/t19-,22+;/m0./s1. The van der Waals surface area contributed by atoms with Crippen molar-refractivity contribution in [2.75, 3.05) is 13.1 Å². The average Bonchev–Trinajstić information content (AvgIpc) is 3.34. The molecular formula is C24H29N5O3S. The van der Waals surface area contributed by atoms with Crippen molar-refractivity contribution in [2.45, 2.75) is 45.8 Å². The van der Waals surface area contributed by atoms with Gasteiger partial charge in [-0.15, -0.1) is 11.3 Å². The molecule has 0 saturated carbocycles. The Balaban J connectivity index is 0.000000821. The summed E-state index contributed by atoms with van der Waals surface area (Å²) in [7, 11) is 0. The molecular weight excluding hydrogens is 438 g/mol. The predicted molar refractivity (Wildman–Crippen MR) is 126 cm³/mol. The number of rotatable bonds is 5. The molecule has 9 heteroatoms. The first kappa shape index (κ1) is 23.1. The minimum Gasteiger partial charge on any atom is -0.483 e. The van der Waals surface area contributed by atoms with E-state index in [-0.39, 0.29) is 18.4 Å². The molecule has 1 aromatic carbocycles. The summed E-state index contributed by atoms with van der Waals surface area (Å²) in [6.07, 6.45) is 2.09. The van der Waals surface area contributed by atoms with Crippen molar-refractivity contribution in [1.29, 1.82) is 0 Å². The third-order valence-corrected chi connectivity index (χ3v) is 6.89. The van der Waals surface area contributed by atoms with Gasteiger partial charge in [0.2, 0.25) is 5.91 Å². The third-order valence-electron chi connectivity index (χ3n) is 6.26. The molecule has 1 amide bonds. The number of carboxylic acid groups (broad SMARTS) is 1. The summed E-state index contributed by atoms with van der Waals surface area (Å²) in [4.78, 5) is 30.4. The molecule has 0 spiro atoms. The van der Waals surface area contributed by atoms with Crippen LogP contribution < -0.4 is 0 Å². The molecule has 0 unspecified atom stereocenters. The number of fused-ring (bicyclic) bond motifs is 4. The maximum atomic E-state index is 13.1. The Hall–Kier alpha value is -3.04. The molecule has 5 heterocycles. The number of hydrogen-bond acceptors (Lipinski definition) is 6. The molecule has 3 saturated heterocycles. The molecule has 33 heavy (non-hydrogen) atoms. The van der Waals surface area contributed by atoms with Crippen LogP contribution in [0, 0.1) is 19.8 Å². The van der Waals surface area contributed by atoms with E-state index in [1.807, 2.05) is 22.5 Å². The van der Waals surface area contributed by atoms with Gasteiger partial charge in [-0.1, -0.05) is 12.1 Å². The second-order valence-corrected chi connectivity index (χ2v) is 9.40. The van der Waals surface area contributed by atoms with Gasteiger partial charge in [0, 0.05) is 36.8 Å². The van der Waals surface area contributed by atoms with Crippen LogP contribution in [0.2, 0.25) is 0 Å². The second kappa shape index (κ2) is 10.3. The van der Waals surface area contributed by atoms with E-state index in [2.05, 4.69) is 57.1 Å². The highest BCUT2D eigenvalue weighted by Crippen LogP contribution is 2.31. The Morgan fingerprint density at radius 1 is 1.18 bits per heavy atom. The van der Waals surface area contributed by atoms with Crippen LogP contribution in [0.1, 0.15) is 35.5 Å². The molecule has 2 atom stereocenters. The zero-order valence-electron chi connectivity index (χ0n) is 18.9. The van der Waals surface area contributed by atoms with Crippen molar-refractivity contribution >= 4 is 23.7 Å². The number of carbonyl (C=O) groups excluding carboxylic acids is 1. The Kier molecular flexibility index (Phi) is 7.20. The molecule has 3 aliphatic heterocycles. The van der Waals surface area contributed by atoms with Crippen LogP contribution in [-0.2, 0) is 22.7 Å². The van der Waals surface area contributed by atoms with Crippen LogP contribution in [0.5, 0.6) is 0 Å². The van der Waals surface area contributed by atoms with Crippen molar-refractivity contribution in [3.8, 4) is 5.69 Å². The average molecular weight is 468 g/mol. The Labute approximate surface area is 197 Å². The molecule has 2 aromatic heterocycles. The molecule has 174 valence electrons. The quantitative estimate of drug-likeness (QED) is 0.579. The van der Waals surface area contributed by atoms with Gasteiger partial charge in [0.1, 0.15) is 0 Å². The number of carbonyl (C=O) groups is 2. The van der Waals surface area contributed by atoms with Crippen molar-refractivity contribution in [2.24, 2.45) is 5.92 Å². The molecule has 3 fully saturated rings. The lowest BCUT2D eigenvalue weighted by molar-refractivity contribution is -0.140. The number of benzene rings is 1. The monoisotopic (exact) mass is 467 g/mol. The van der Waals surface area contributed by atoms with E-state index in [0.717, 1.165) is 55.2 Å². The Morgan fingerprint density at radius 2 is 2.00 bits per heavy atom. The lowest BCUT2D eigenvalue weighted by Gasteiger charge is -2.35. The fraction of sp³-hybridized carbons (Fsp3) is 0.417. The number of amides is 1. The van der Waals surface area contributed by atoms with Gasteiger partial charge in [0.05, 0.1) is 35.0 Å². The van der Waals surface area contributed by atoms with Gasteiger partial charge in [-0.05, 0) is 50.5 Å². The summed E-state index contributed by atoms with van der Waals surface area (Å²) in [5, 5.41) is 13.6. The zero-order chi connectivity index (χ0) is 23.4. The number of hydrogen-bond donors (Lipinski definition) is 1. The van der Waals surface area contributed by atoms with Crippen LogP contribution >= 0.6 is 11.3 Å². The highest BCUT2D eigenvalue weighted by molar-refractivity contribution is 7.07. The van der Waals surface area contributed by atoms with E-state index >= 15 is 0 Å². The smallest absolute Gasteiger partial charge is 0.290 e. The van der Waals surface area contributed by atoms with E-state index in [0.29, 0.717) is 12.5 Å². The van der Waals surface area contributed by atoms with E-state index < -0.39 is 0 Å². The fourth-order valence-corrected chi connectivity index (χ4v) is 5.44. The lowest BCUT2D eigenvalue weighted by atomic mass is 9.94. The summed E-state index contributed by atoms with van der Waals surface area (Å²) in [5.74, 6) is 0.403. The van der Waals surface area contributed by atoms with Gasteiger partial charge < -0.3 is 10.0 Å². The van der Waals surface area contributed by atoms with Crippen molar-refractivity contribution in [3.63, 3.8) is 0 Å². The minimum absolute atomic E-state index is 0.0987. The molecule has 0 radical (unpaired) electrons. The highest BCUT2D eigenvalue weighted by Gasteiger charge is 2.40.